The van der Waals surface area contributed by atoms with Crippen molar-refractivity contribution in [1.29, 1.82) is 0 Å². The fourth-order valence-electron chi connectivity index (χ4n) is 5.17. The highest BCUT2D eigenvalue weighted by Crippen LogP contribution is 2.38. The Hall–Kier alpha value is -4.99. The number of para-hydroxylation sites is 3. The highest BCUT2D eigenvalue weighted by molar-refractivity contribution is 8.01. The van der Waals surface area contributed by atoms with Crippen LogP contribution < -0.4 is 9.80 Å². The standard InChI is InChI=1S/C39H32N2S/c1-2-42-30-31-13-12-20-39(29-31)41(36-18-10-5-11-19-36)38-27-23-33(24-28-38)32-21-25-37(26-22-32)40(34-14-6-3-7-15-34)35-16-8-4-9-17-35/h2-29H,1,30H2. The lowest BCUT2D eigenvalue weighted by atomic mass is 10.0. The van der Waals surface area contributed by atoms with E-state index < -0.39 is 0 Å². The lowest BCUT2D eigenvalue weighted by molar-refractivity contribution is 1.27. The first-order chi connectivity index (χ1) is 20.8. The molecule has 0 N–H and O–H groups in total. The predicted molar refractivity (Wildman–Crippen MR) is 183 cm³/mol. The molecule has 0 aliphatic heterocycles. The van der Waals surface area contributed by atoms with Crippen molar-refractivity contribution in [3.63, 3.8) is 0 Å². The molecule has 0 aliphatic carbocycles. The van der Waals surface area contributed by atoms with Crippen molar-refractivity contribution >= 4 is 45.9 Å². The van der Waals surface area contributed by atoms with Gasteiger partial charge in [-0.3, -0.25) is 0 Å². The largest absolute Gasteiger partial charge is 0.311 e. The molecule has 0 saturated carbocycles. The summed E-state index contributed by atoms with van der Waals surface area (Å²) < 4.78 is 0. The monoisotopic (exact) mass is 560 g/mol. The Morgan fingerprint density at radius 3 is 1.24 bits per heavy atom. The van der Waals surface area contributed by atoms with Crippen molar-refractivity contribution in [2.75, 3.05) is 9.80 Å². The number of hydrogen-bond donors (Lipinski definition) is 0. The molecule has 0 saturated heterocycles. The minimum Gasteiger partial charge on any atom is -0.311 e. The van der Waals surface area contributed by atoms with Gasteiger partial charge in [0.2, 0.25) is 0 Å². The summed E-state index contributed by atoms with van der Waals surface area (Å²) in [5, 5.41) is 1.90. The van der Waals surface area contributed by atoms with Crippen molar-refractivity contribution in [3.05, 3.63) is 181 Å². The molecular formula is C39H32N2S. The molecule has 0 aromatic heterocycles. The molecule has 0 amide bonds. The molecule has 0 unspecified atom stereocenters. The molecule has 6 aromatic carbocycles. The van der Waals surface area contributed by atoms with E-state index in [-0.39, 0.29) is 0 Å². The normalized spacial score (nSPS) is 10.7. The molecule has 0 bridgehead atoms. The molecule has 0 atom stereocenters. The van der Waals surface area contributed by atoms with Crippen LogP contribution in [0.4, 0.5) is 34.1 Å². The van der Waals surface area contributed by atoms with Gasteiger partial charge in [-0.15, -0.1) is 11.8 Å². The van der Waals surface area contributed by atoms with Crippen molar-refractivity contribution in [2.24, 2.45) is 0 Å². The summed E-state index contributed by atoms with van der Waals surface area (Å²) in [7, 11) is 0. The second-order valence-corrected chi connectivity index (χ2v) is 10.9. The highest BCUT2D eigenvalue weighted by Gasteiger charge is 2.14. The zero-order valence-corrected chi connectivity index (χ0v) is 24.2. The van der Waals surface area contributed by atoms with Crippen LogP contribution in [0.3, 0.4) is 0 Å². The highest BCUT2D eigenvalue weighted by atomic mass is 32.2. The van der Waals surface area contributed by atoms with Crippen LogP contribution in [0.5, 0.6) is 0 Å². The van der Waals surface area contributed by atoms with Crippen LogP contribution in [-0.2, 0) is 5.75 Å². The average Bonchev–Trinajstić information content (AvgIpc) is 3.06. The summed E-state index contributed by atoms with van der Waals surface area (Å²) in [6.45, 7) is 3.85. The van der Waals surface area contributed by atoms with E-state index in [9.17, 15) is 0 Å². The maximum Gasteiger partial charge on any atom is 0.0464 e. The molecule has 204 valence electrons. The summed E-state index contributed by atoms with van der Waals surface area (Å²) in [6.07, 6.45) is 0. The van der Waals surface area contributed by atoms with Crippen LogP contribution in [0.1, 0.15) is 5.56 Å². The van der Waals surface area contributed by atoms with E-state index in [0.717, 1.165) is 39.9 Å². The summed E-state index contributed by atoms with van der Waals surface area (Å²) in [4.78, 5) is 4.60. The van der Waals surface area contributed by atoms with E-state index >= 15 is 0 Å². The van der Waals surface area contributed by atoms with Gasteiger partial charge >= 0.3 is 0 Å². The zero-order chi connectivity index (χ0) is 28.6. The summed E-state index contributed by atoms with van der Waals surface area (Å²) >= 11 is 1.72. The molecule has 6 rings (SSSR count). The molecule has 0 spiro atoms. The second kappa shape index (κ2) is 13.1. The van der Waals surface area contributed by atoms with E-state index in [0.29, 0.717) is 0 Å². The summed E-state index contributed by atoms with van der Waals surface area (Å²) in [5.74, 6) is 0.904. The third-order valence-electron chi connectivity index (χ3n) is 7.16. The van der Waals surface area contributed by atoms with Crippen molar-refractivity contribution in [3.8, 4) is 11.1 Å². The Morgan fingerprint density at radius 2 is 0.810 bits per heavy atom. The van der Waals surface area contributed by atoms with Crippen molar-refractivity contribution in [2.45, 2.75) is 5.75 Å². The Kier molecular flexibility index (Phi) is 8.49. The van der Waals surface area contributed by atoms with Gasteiger partial charge in [0.1, 0.15) is 0 Å². The maximum absolute atomic E-state index is 3.85. The predicted octanol–water partition coefficient (Wildman–Crippen LogP) is 11.7. The van der Waals surface area contributed by atoms with Crippen LogP contribution in [0.15, 0.2) is 176 Å². The average molecular weight is 561 g/mol. The topological polar surface area (TPSA) is 6.48 Å². The fraction of sp³-hybridized carbons (Fsp3) is 0.0256. The third kappa shape index (κ3) is 6.17. The Morgan fingerprint density at radius 1 is 0.429 bits per heavy atom. The maximum atomic E-state index is 3.85. The quantitative estimate of drug-likeness (QED) is 0.164. The van der Waals surface area contributed by atoms with Crippen LogP contribution in [-0.4, -0.2) is 0 Å². The molecule has 0 aliphatic rings. The van der Waals surface area contributed by atoms with Gasteiger partial charge in [-0.05, 0) is 94.9 Å². The number of anilines is 6. The number of nitrogens with zero attached hydrogens (tertiary/aromatic N) is 2. The molecule has 0 heterocycles. The van der Waals surface area contributed by atoms with Crippen LogP contribution in [0.2, 0.25) is 0 Å². The van der Waals surface area contributed by atoms with Crippen LogP contribution in [0, 0.1) is 0 Å². The Labute approximate surface area is 253 Å². The number of benzene rings is 6. The molecule has 6 aromatic rings. The first-order valence-corrected chi connectivity index (χ1v) is 15.1. The minimum atomic E-state index is 0.904. The molecule has 2 nitrogen and oxygen atoms in total. The molecule has 0 radical (unpaired) electrons. The van der Waals surface area contributed by atoms with Gasteiger partial charge in [-0.25, -0.2) is 0 Å². The number of hydrogen-bond acceptors (Lipinski definition) is 3. The van der Waals surface area contributed by atoms with Gasteiger partial charge in [-0.1, -0.05) is 97.6 Å². The SMILES string of the molecule is C=CSCc1cccc(N(c2ccccc2)c2ccc(-c3ccc(N(c4ccccc4)c4ccccc4)cc3)cc2)c1. The van der Waals surface area contributed by atoms with Crippen LogP contribution in [0.25, 0.3) is 11.1 Å². The molecule has 3 heteroatoms. The lowest BCUT2D eigenvalue weighted by Crippen LogP contribution is -2.10. The van der Waals surface area contributed by atoms with E-state index in [2.05, 4.69) is 180 Å². The van der Waals surface area contributed by atoms with Crippen LogP contribution >= 0.6 is 11.8 Å². The number of rotatable bonds is 10. The first-order valence-electron chi connectivity index (χ1n) is 14.1. The zero-order valence-electron chi connectivity index (χ0n) is 23.4. The molecule has 0 fully saturated rings. The Bertz CT molecular complexity index is 1680. The Balaban J connectivity index is 1.30. The van der Waals surface area contributed by atoms with Gasteiger partial charge in [0, 0.05) is 39.9 Å². The number of thioether (sulfide) groups is 1. The van der Waals surface area contributed by atoms with Crippen molar-refractivity contribution in [1.82, 2.24) is 0 Å². The summed E-state index contributed by atoms with van der Waals surface area (Å²) in [6, 6.07) is 58.0. The van der Waals surface area contributed by atoms with E-state index in [1.165, 1.54) is 16.7 Å². The smallest absolute Gasteiger partial charge is 0.0464 e. The van der Waals surface area contributed by atoms with Gasteiger partial charge in [0.05, 0.1) is 0 Å². The van der Waals surface area contributed by atoms with Crippen molar-refractivity contribution < 1.29 is 0 Å². The molecular weight excluding hydrogens is 529 g/mol. The first kappa shape index (κ1) is 27.2. The van der Waals surface area contributed by atoms with Gasteiger partial charge in [-0.2, -0.15) is 0 Å². The fourth-order valence-corrected chi connectivity index (χ4v) is 5.66. The second-order valence-electron chi connectivity index (χ2n) is 9.92. The minimum absolute atomic E-state index is 0.904. The van der Waals surface area contributed by atoms with E-state index in [1.807, 2.05) is 5.41 Å². The molecule has 42 heavy (non-hydrogen) atoms. The third-order valence-corrected chi connectivity index (χ3v) is 7.90. The van der Waals surface area contributed by atoms with Gasteiger partial charge in [0.15, 0.2) is 0 Å². The van der Waals surface area contributed by atoms with Gasteiger partial charge in [0.25, 0.3) is 0 Å². The lowest BCUT2D eigenvalue weighted by Gasteiger charge is -2.26. The van der Waals surface area contributed by atoms with E-state index in [4.69, 9.17) is 0 Å². The van der Waals surface area contributed by atoms with E-state index in [1.54, 1.807) is 11.8 Å². The van der Waals surface area contributed by atoms with Gasteiger partial charge < -0.3 is 9.80 Å². The summed E-state index contributed by atoms with van der Waals surface area (Å²) in [5.41, 5.74) is 10.4.